The molecule has 0 bridgehead atoms. The second kappa shape index (κ2) is 6.62. The van der Waals surface area contributed by atoms with Gasteiger partial charge < -0.3 is 20.5 Å². The number of nitrogens with one attached hydrogen (secondary N) is 1. The molecule has 22 heavy (non-hydrogen) atoms. The Morgan fingerprint density at radius 2 is 2.27 bits per heavy atom. The van der Waals surface area contributed by atoms with Crippen LogP contribution in [-0.2, 0) is 22.7 Å². The summed E-state index contributed by atoms with van der Waals surface area (Å²) in [6.45, 7) is 1.27. The van der Waals surface area contributed by atoms with E-state index in [1.807, 2.05) is 0 Å². The number of carbonyl (C=O) groups is 1. The highest BCUT2D eigenvalue weighted by Crippen LogP contribution is 2.32. The minimum atomic E-state index is -0.349. The summed E-state index contributed by atoms with van der Waals surface area (Å²) < 4.78 is 24.3. The van der Waals surface area contributed by atoms with Gasteiger partial charge in [-0.2, -0.15) is 0 Å². The number of hydrogen-bond donors (Lipinski definition) is 2. The van der Waals surface area contributed by atoms with Gasteiger partial charge in [-0.3, -0.25) is 4.79 Å². The number of hydrogen-bond acceptors (Lipinski definition) is 4. The van der Waals surface area contributed by atoms with Crippen molar-refractivity contribution in [3.05, 3.63) is 29.1 Å². The molecule has 0 radical (unpaired) electrons. The van der Waals surface area contributed by atoms with Gasteiger partial charge in [-0.05, 0) is 37.4 Å². The monoisotopic (exact) mass is 308 g/mol. The van der Waals surface area contributed by atoms with Crippen molar-refractivity contribution in [1.29, 1.82) is 0 Å². The van der Waals surface area contributed by atoms with E-state index in [1.165, 1.54) is 12.1 Å². The number of ether oxygens (including phenoxy) is 2. The molecular formula is C16H21FN2O3. The molecule has 1 aliphatic carbocycles. The van der Waals surface area contributed by atoms with E-state index < -0.39 is 0 Å². The van der Waals surface area contributed by atoms with Crippen molar-refractivity contribution in [3.63, 3.8) is 0 Å². The van der Waals surface area contributed by atoms with Crippen molar-refractivity contribution in [3.8, 4) is 5.75 Å². The van der Waals surface area contributed by atoms with Gasteiger partial charge in [0.15, 0.2) is 6.79 Å². The van der Waals surface area contributed by atoms with Gasteiger partial charge in [-0.1, -0.05) is 6.42 Å². The van der Waals surface area contributed by atoms with Crippen molar-refractivity contribution in [1.82, 2.24) is 5.32 Å². The molecule has 0 spiro atoms. The van der Waals surface area contributed by atoms with Crippen molar-refractivity contribution in [2.24, 2.45) is 17.6 Å². The molecule has 0 unspecified atom stereocenters. The number of benzene rings is 1. The average molecular weight is 308 g/mol. The Labute approximate surface area is 129 Å². The molecule has 0 saturated heterocycles. The third-order valence-corrected chi connectivity index (χ3v) is 4.50. The first kappa shape index (κ1) is 15.2. The zero-order valence-corrected chi connectivity index (χ0v) is 12.4. The number of nitrogens with two attached hydrogens (primary N) is 1. The van der Waals surface area contributed by atoms with Gasteiger partial charge in [0.05, 0.1) is 6.61 Å². The van der Waals surface area contributed by atoms with Crippen LogP contribution in [-0.4, -0.2) is 19.2 Å². The Morgan fingerprint density at radius 3 is 3.09 bits per heavy atom. The maximum absolute atomic E-state index is 13.7. The molecule has 2 atom stereocenters. The van der Waals surface area contributed by atoms with Crippen LogP contribution in [0.4, 0.5) is 4.39 Å². The van der Waals surface area contributed by atoms with Crippen molar-refractivity contribution < 1.29 is 18.7 Å². The maximum atomic E-state index is 13.7. The third kappa shape index (κ3) is 3.08. The molecule has 120 valence electrons. The second-order valence-electron chi connectivity index (χ2n) is 5.91. The molecule has 5 nitrogen and oxygen atoms in total. The molecule has 0 aromatic heterocycles. The van der Waals surface area contributed by atoms with Gasteiger partial charge in [0.2, 0.25) is 5.91 Å². The smallest absolute Gasteiger partial charge is 0.223 e. The Balaban J connectivity index is 1.69. The molecule has 1 saturated carbocycles. The summed E-state index contributed by atoms with van der Waals surface area (Å²) >= 11 is 0. The van der Waals surface area contributed by atoms with Crippen LogP contribution in [0.2, 0.25) is 0 Å². The quantitative estimate of drug-likeness (QED) is 0.887. The molecule has 1 heterocycles. The topological polar surface area (TPSA) is 73.6 Å². The fourth-order valence-electron chi connectivity index (χ4n) is 3.37. The number of halogens is 1. The summed E-state index contributed by atoms with van der Waals surface area (Å²) in [4.78, 5) is 12.3. The minimum Gasteiger partial charge on any atom is -0.467 e. The van der Waals surface area contributed by atoms with E-state index in [9.17, 15) is 9.18 Å². The molecule has 6 heteroatoms. The lowest BCUT2D eigenvalue weighted by Gasteiger charge is -2.22. The first-order chi connectivity index (χ1) is 10.7. The van der Waals surface area contributed by atoms with Gasteiger partial charge >= 0.3 is 0 Å². The van der Waals surface area contributed by atoms with Crippen LogP contribution < -0.4 is 15.8 Å². The number of carbonyl (C=O) groups excluding carboxylic acids is 1. The molecular weight excluding hydrogens is 287 g/mol. The number of rotatable bonds is 4. The van der Waals surface area contributed by atoms with Crippen LogP contribution in [0.25, 0.3) is 0 Å². The predicted molar refractivity (Wildman–Crippen MR) is 78.4 cm³/mol. The Morgan fingerprint density at radius 1 is 1.41 bits per heavy atom. The average Bonchev–Trinajstić information content (AvgIpc) is 3.00. The van der Waals surface area contributed by atoms with E-state index in [2.05, 4.69) is 5.32 Å². The first-order valence-electron chi connectivity index (χ1n) is 7.68. The summed E-state index contributed by atoms with van der Waals surface area (Å²) in [5.74, 6) is 0.496. The SMILES string of the molecule is NC[C@H]1CCC[C@H]1C(=O)NCc1cc(F)cc2c1OCOC2. The Hall–Kier alpha value is -1.66. The molecule has 1 fully saturated rings. The normalized spacial score (nSPS) is 23.7. The molecule has 1 aromatic carbocycles. The van der Waals surface area contributed by atoms with Gasteiger partial charge in [0.1, 0.15) is 11.6 Å². The fourth-order valence-corrected chi connectivity index (χ4v) is 3.37. The molecule has 1 aromatic rings. The standard InChI is InChI=1S/C16H21FN2O3/c17-13-4-11(15-12(5-13)8-21-9-22-15)7-19-16(20)14-3-1-2-10(14)6-18/h4-5,10,14H,1-3,6-9,18H2,(H,19,20)/t10-,14-/m1/s1. The van der Waals surface area contributed by atoms with Crippen LogP contribution in [0.3, 0.4) is 0 Å². The van der Waals surface area contributed by atoms with Gasteiger partial charge in [-0.15, -0.1) is 0 Å². The van der Waals surface area contributed by atoms with Crippen molar-refractivity contribution in [2.75, 3.05) is 13.3 Å². The lowest BCUT2D eigenvalue weighted by molar-refractivity contribution is -0.126. The summed E-state index contributed by atoms with van der Waals surface area (Å²) in [7, 11) is 0. The van der Waals surface area contributed by atoms with Crippen LogP contribution in [0, 0.1) is 17.7 Å². The molecule has 1 amide bonds. The predicted octanol–water partition coefficient (Wildman–Crippen LogP) is 1.68. The largest absolute Gasteiger partial charge is 0.467 e. The van der Waals surface area contributed by atoms with Gasteiger partial charge in [0, 0.05) is 23.6 Å². The fraction of sp³-hybridized carbons (Fsp3) is 0.562. The van der Waals surface area contributed by atoms with Crippen molar-refractivity contribution in [2.45, 2.75) is 32.4 Å². The summed E-state index contributed by atoms with van der Waals surface area (Å²) in [5, 5.41) is 2.90. The first-order valence-corrected chi connectivity index (χ1v) is 7.68. The number of fused-ring (bicyclic) bond motifs is 1. The Bertz CT molecular complexity index is 565. The van der Waals surface area contributed by atoms with E-state index in [0.29, 0.717) is 30.0 Å². The lowest BCUT2D eigenvalue weighted by atomic mass is 9.95. The van der Waals surface area contributed by atoms with E-state index in [1.54, 1.807) is 0 Å². The van der Waals surface area contributed by atoms with E-state index in [4.69, 9.17) is 15.2 Å². The lowest BCUT2D eigenvalue weighted by Crippen LogP contribution is -2.35. The third-order valence-electron chi connectivity index (χ3n) is 4.50. The zero-order valence-electron chi connectivity index (χ0n) is 12.4. The van der Waals surface area contributed by atoms with Crippen LogP contribution in [0.1, 0.15) is 30.4 Å². The van der Waals surface area contributed by atoms with Crippen LogP contribution >= 0.6 is 0 Å². The minimum absolute atomic E-state index is 0.00183. The highest BCUT2D eigenvalue weighted by Gasteiger charge is 2.31. The summed E-state index contributed by atoms with van der Waals surface area (Å²) in [6, 6.07) is 2.81. The number of amides is 1. The highest BCUT2D eigenvalue weighted by molar-refractivity contribution is 5.79. The second-order valence-corrected chi connectivity index (χ2v) is 5.91. The van der Waals surface area contributed by atoms with Crippen molar-refractivity contribution >= 4 is 5.91 Å². The highest BCUT2D eigenvalue weighted by atomic mass is 19.1. The van der Waals surface area contributed by atoms with Gasteiger partial charge in [-0.25, -0.2) is 4.39 Å². The summed E-state index contributed by atoms with van der Waals surface area (Å²) in [6.07, 6.45) is 2.92. The zero-order chi connectivity index (χ0) is 15.5. The molecule has 3 rings (SSSR count). The van der Waals surface area contributed by atoms with Crippen LogP contribution in [0.5, 0.6) is 5.75 Å². The van der Waals surface area contributed by atoms with Crippen LogP contribution in [0.15, 0.2) is 12.1 Å². The molecule has 2 aliphatic rings. The van der Waals surface area contributed by atoms with Gasteiger partial charge in [0.25, 0.3) is 0 Å². The molecule has 1 aliphatic heterocycles. The van der Waals surface area contributed by atoms with E-state index in [0.717, 1.165) is 19.3 Å². The molecule has 3 N–H and O–H groups in total. The van der Waals surface area contributed by atoms with E-state index >= 15 is 0 Å². The maximum Gasteiger partial charge on any atom is 0.223 e. The summed E-state index contributed by atoms with van der Waals surface area (Å²) in [5.41, 5.74) is 7.04. The van der Waals surface area contributed by atoms with E-state index in [-0.39, 0.29) is 36.9 Å². The Kier molecular flexibility index (Phi) is 4.59.